The molecule has 0 unspecified atom stereocenters. The lowest BCUT2D eigenvalue weighted by atomic mass is 10.1. The van der Waals surface area contributed by atoms with E-state index in [0.717, 1.165) is 15.6 Å². The number of hydrogen-bond acceptors (Lipinski definition) is 3. The minimum Gasteiger partial charge on any atom is -0.443 e. The molecule has 78 valence electrons. The van der Waals surface area contributed by atoms with Crippen molar-refractivity contribution in [3.05, 3.63) is 40.3 Å². The van der Waals surface area contributed by atoms with Gasteiger partial charge in [-0.1, -0.05) is 22.0 Å². The van der Waals surface area contributed by atoms with Gasteiger partial charge in [-0.2, -0.15) is 0 Å². The number of aromatic nitrogens is 1. The van der Waals surface area contributed by atoms with Crippen LogP contribution in [-0.2, 0) is 6.61 Å². The maximum atomic E-state index is 9.06. The van der Waals surface area contributed by atoms with E-state index in [1.807, 2.05) is 25.1 Å². The fourth-order valence-corrected chi connectivity index (χ4v) is 1.65. The van der Waals surface area contributed by atoms with E-state index in [1.165, 1.54) is 6.39 Å². The van der Waals surface area contributed by atoms with E-state index in [0.29, 0.717) is 11.5 Å². The molecule has 2 rings (SSSR count). The Hall–Kier alpha value is -1.13. The summed E-state index contributed by atoms with van der Waals surface area (Å²) in [5.74, 6) is 0.633. The first-order valence-corrected chi connectivity index (χ1v) is 5.31. The normalized spacial score (nSPS) is 10.6. The van der Waals surface area contributed by atoms with Gasteiger partial charge in [-0.25, -0.2) is 4.98 Å². The number of halogens is 1. The van der Waals surface area contributed by atoms with Crippen LogP contribution in [0.3, 0.4) is 0 Å². The number of benzene rings is 1. The highest BCUT2D eigenvalue weighted by Crippen LogP contribution is 2.27. The highest BCUT2D eigenvalue weighted by atomic mass is 79.9. The van der Waals surface area contributed by atoms with Gasteiger partial charge in [0.1, 0.15) is 5.69 Å². The Balaban J connectivity index is 2.50. The van der Waals surface area contributed by atoms with Gasteiger partial charge in [0.2, 0.25) is 0 Å². The molecule has 0 saturated heterocycles. The van der Waals surface area contributed by atoms with Crippen LogP contribution >= 0.6 is 15.9 Å². The molecule has 0 saturated carbocycles. The lowest BCUT2D eigenvalue weighted by Crippen LogP contribution is -1.87. The van der Waals surface area contributed by atoms with Crippen molar-refractivity contribution < 1.29 is 9.52 Å². The van der Waals surface area contributed by atoms with E-state index in [9.17, 15) is 0 Å². The molecule has 0 aliphatic rings. The van der Waals surface area contributed by atoms with Crippen LogP contribution in [0.1, 0.15) is 11.3 Å². The predicted molar refractivity (Wildman–Crippen MR) is 60.3 cm³/mol. The maximum absolute atomic E-state index is 9.06. The molecular weight excluding hydrogens is 258 g/mol. The largest absolute Gasteiger partial charge is 0.443 e. The molecule has 0 aliphatic carbocycles. The monoisotopic (exact) mass is 267 g/mol. The molecule has 0 atom stereocenters. The first-order valence-electron chi connectivity index (χ1n) is 4.52. The van der Waals surface area contributed by atoms with Gasteiger partial charge >= 0.3 is 0 Å². The summed E-state index contributed by atoms with van der Waals surface area (Å²) in [5.41, 5.74) is 2.61. The zero-order valence-electron chi connectivity index (χ0n) is 8.20. The highest BCUT2D eigenvalue weighted by molar-refractivity contribution is 9.10. The molecule has 4 heteroatoms. The second kappa shape index (κ2) is 4.16. The van der Waals surface area contributed by atoms with Crippen molar-refractivity contribution >= 4 is 15.9 Å². The Labute approximate surface area is 95.9 Å². The van der Waals surface area contributed by atoms with Crippen molar-refractivity contribution in [3.63, 3.8) is 0 Å². The summed E-state index contributed by atoms with van der Waals surface area (Å²) in [6, 6.07) is 5.87. The van der Waals surface area contributed by atoms with Crippen LogP contribution in [0.15, 0.2) is 33.5 Å². The molecule has 0 bridgehead atoms. The minimum absolute atomic E-state index is 0.110. The van der Waals surface area contributed by atoms with E-state index >= 15 is 0 Å². The van der Waals surface area contributed by atoms with Crippen LogP contribution < -0.4 is 0 Å². The Morgan fingerprint density at radius 2 is 2.27 bits per heavy atom. The van der Waals surface area contributed by atoms with Crippen molar-refractivity contribution in [2.24, 2.45) is 0 Å². The van der Waals surface area contributed by atoms with E-state index in [-0.39, 0.29) is 6.61 Å². The molecule has 1 aromatic carbocycles. The predicted octanol–water partition coefficient (Wildman–Crippen LogP) is 2.90. The number of oxazole rings is 1. The van der Waals surface area contributed by atoms with Gasteiger partial charge in [-0.15, -0.1) is 0 Å². The lowest BCUT2D eigenvalue weighted by molar-refractivity contribution is 0.277. The zero-order valence-corrected chi connectivity index (χ0v) is 9.78. The van der Waals surface area contributed by atoms with Crippen LogP contribution in [-0.4, -0.2) is 10.1 Å². The zero-order chi connectivity index (χ0) is 10.8. The quantitative estimate of drug-likeness (QED) is 0.910. The van der Waals surface area contributed by atoms with Crippen molar-refractivity contribution in [2.75, 3.05) is 0 Å². The number of aryl methyl sites for hydroxylation is 1. The van der Waals surface area contributed by atoms with Crippen LogP contribution in [0.4, 0.5) is 0 Å². The highest BCUT2D eigenvalue weighted by Gasteiger charge is 2.10. The van der Waals surface area contributed by atoms with Gasteiger partial charge in [0.25, 0.3) is 0 Å². The summed E-state index contributed by atoms with van der Waals surface area (Å²) in [6.45, 7) is 1.89. The van der Waals surface area contributed by atoms with Crippen molar-refractivity contribution in [1.82, 2.24) is 4.98 Å². The molecular formula is C11H10BrNO2. The number of nitrogens with zero attached hydrogens (tertiary/aromatic N) is 1. The summed E-state index contributed by atoms with van der Waals surface area (Å²) < 4.78 is 6.30. The SMILES string of the molecule is Cc1cc(-c2ocnc2CO)ccc1Br. The third-order valence-electron chi connectivity index (χ3n) is 2.21. The third kappa shape index (κ3) is 1.96. The van der Waals surface area contributed by atoms with Crippen LogP contribution in [0, 0.1) is 6.92 Å². The standard InChI is InChI=1S/C11H10BrNO2/c1-7-4-8(2-3-9(7)12)11-10(5-14)13-6-15-11/h2-4,6,14H,5H2,1H3. The minimum atomic E-state index is -0.110. The van der Waals surface area contributed by atoms with Gasteiger partial charge in [0.15, 0.2) is 12.2 Å². The first-order chi connectivity index (χ1) is 7.22. The van der Waals surface area contributed by atoms with E-state index in [4.69, 9.17) is 9.52 Å². The van der Waals surface area contributed by atoms with Gasteiger partial charge in [0.05, 0.1) is 6.61 Å². The van der Waals surface area contributed by atoms with Crippen LogP contribution in [0.2, 0.25) is 0 Å². The summed E-state index contributed by atoms with van der Waals surface area (Å²) >= 11 is 3.43. The Kier molecular flexibility index (Phi) is 2.88. The molecule has 0 spiro atoms. The van der Waals surface area contributed by atoms with Crippen molar-refractivity contribution in [2.45, 2.75) is 13.5 Å². The molecule has 0 fully saturated rings. The summed E-state index contributed by atoms with van der Waals surface area (Å²) in [5, 5.41) is 9.06. The molecule has 2 aromatic rings. The fourth-order valence-electron chi connectivity index (χ4n) is 1.40. The van der Waals surface area contributed by atoms with E-state index in [2.05, 4.69) is 20.9 Å². The molecule has 15 heavy (non-hydrogen) atoms. The Bertz CT molecular complexity index is 479. The van der Waals surface area contributed by atoms with Gasteiger partial charge in [-0.05, 0) is 24.6 Å². The van der Waals surface area contributed by atoms with Gasteiger partial charge in [0, 0.05) is 10.0 Å². The average molecular weight is 268 g/mol. The third-order valence-corrected chi connectivity index (χ3v) is 3.10. The number of hydrogen-bond donors (Lipinski definition) is 1. The number of rotatable bonds is 2. The number of aliphatic hydroxyl groups is 1. The molecule has 1 aromatic heterocycles. The molecule has 0 amide bonds. The molecule has 1 heterocycles. The first kappa shape index (κ1) is 10.4. The topological polar surface area (TPSA) is 46.3 Å². The molecule has 0 aliphatic heterocycles. The van der Waals surface area contributed by atoms with Crippen molar-refractivity contribution in [1.29, 1.82) is 0 Å². The lowest BCUT2D eigenvalue weighted by Gasteiger charge is -2.02. The van der Waals surface area contributed by atoms with Crippen LogP contribution in [0.25, 0.3) is 11.3 Å². The van der Waals surface area contributed by atoms with Crippen molar-refractivity contribution in [3.8, 4) is 11.3 Å². The summed E-state index contributed by atoms with van der Waals surface area (Å²) in [4.78, 5) is 3.93. The summed E-state index contributed by atoms with van der Waals surface area (Å²) in [6.07, 6.45) is 1.35. The maximum Gasteiger partial charge on any atom is 0.181 e. The fraction of sp³-hybridized carbons (Fsp3) is 0.182. The smallest absolute Gasteiger partial charge is 0.181 e. The van der Waals surface area contributed by atoms with Crippen LogP contribution in [0.5, 0.6) is 0 Å². The Morgan fingerprint density at radius 3 is 2.93 bits per heavy atom. The summed E-state index contributed by atoms with van der Waals surface area (Å²) in [7, 11) is 0. The number of aliphatic hydroxyl groups excluding tert-OH is 1. The second-order valence-electron chi connectivity index (χ2n) is 3.25. The average Bonchev–Trinajstić information content (AvgIpc) is 2.70. The molecule has 3 nitrogen and oxygen atoms in total. The molecule has 1 N–H and O–H groups in total. The second-order valence-corrected chi connectivity index (χ2v) is 4.10. The van der Waals surface area contributed by atoms with E-state index < -0.39 is 0 Å². The van der Waals surface area contributed by atoms with Gasteiger partial charge < -0.3 is 9.52 Å². The van der Waals surface area contributed by atoms with Gasteiger partial charge in [-0.3, -0.25) is 0 Å². The molecule has 0 radical (unpaired) electrons. The Morgan fingerprint density at radius 1 is 1.47 bits per heavy atom. The van der Waals surface area contributed by atoms with E-state index in [1.54, 1.807) is 0 Å².